The normalized spacial score (nSPS) is 13.3. The fourth-order valence-electron chi connectivity index (χ4n) is 7.04. The number of nitrogens with two attached hydrogens (primary N) is 1. The van der Waals surface area contributed by atoms with E-state index in [-0.39, 0.29) is 38.6 Å². The predicted molar refractivity (Wildman–Crippen MR) is 238 cm³/mol. The van der Waals surface area contributed by atoms with Gasteiger partial charge < -0.3 is 20.1 Å². The van der Waals surface area contributed by atoms with Crippen LogP contribution in [-0.2, 0) is 32.7 Å². The van der Waals surface area contributed by atoms with Crippen molar-refractivity contribution in [1.82, 2.24) is 0 Å². The summed E-state index contributed by atoms with van der Waals surface area (Å²) in [5, 5.41) is 0. The number of phosphoric acid groups is 1. The van der Waals surface area contributed by atoms with Gasteiger partial charge in [0.25, 0.3) is 0 Å². The molecule has 0 saturated carbocycles. The molecule has 2 atom stereocenters. The molecule has 9 nitrogen and oxygen atoms in total. The van der Waals surface area contributed by atoms with E-state index in [4.69, 9.17) is 24.3 Å². The first kappa shape index (κ1) is 55.8. The number of ether oxygens (including phenoxy) is 2. The van der Waals surface area contributed by atoms with Gasteiger partial charge in [-0.2, -0.15) is 0 Å². The molecule has 338 valence electrons. The number of hydrogen-bond acceptors (Lipinski definition) is 8. The summed E-state index contributed by atoms with van der Waals surface area (Å²) in [6.45, 7) is 3.76. The van der Waals surface area contributed by atoms with E-state index in [1.807, 2.05) is 0 Å². The van der Waals surface area contributed by atoms with Crippen molar-refractivity contribution < 1.29 is 37.6 Å². The summed E-state index contributed by atoms with van der Waals surface area (Å²) in [6.07, 6.45) is 46.8. The largest absolute Gasteiger partial charge is 0.472 e. The SMILES string of the molecule is CCCCCCCCC=CCCCCCCCC(=O)OC(COC(=O)CCCCCCCCCCCCCCCCCCCCCCC)COP(=O)(O)OCCN. The zero-order valence-corrected chi connectivity index (χ0v) is 38.2. The number of hydrogen-bond donors (Lipinski definition) is 2. The van der Waals surface area contributed by atoms with Crippen LogP contribution >= 0.6 is 7.82 Å². The minimum absolute atomic E-state index is 0.0550. The highest BCUT2D eigenvalue weighted by molar-refractivity contribution is 7.47. The minimum atomic E-state index is -4.38. The first-order valence-corrected chi connectivity index (χ1v) is 25.7. The lowest BCUT2D eigenvalue weighted by Crippen LogP contribution is -2.29. The molecule has 0 radical (unpaired) electrons. The molecule has 0 aromatic heterocycles. The van der Waals surface area contributed by atoms with Crippen molar-refractivity contribution in [2.45, 2.75) is 251 Å². The standard InChI is InChI=1S/C47H92NO8P/c1-3-5-7-9-11-13-15-17-19-20-21-22-23-24-26-27-29-31-33-35-37-39-46(49)53-43-45(44-55-57(51,52)54-42-41-48)56-47(50)40-38-36-34-32-30-28-25-18-16-14-12-10-8-6-4-2/h18,25,45H,3-17,19-24,26-44,48H2,1-2H3,(H,51,52). The van der Waals surface area contributed by atoms with Crippen LogP contribution in [0.3, 0.4) is 0 Å². The van der Waals surface area contributed by atoms with Crippen molar-refractivity contribution >= 4 is 19.8 Å². The van der Waals surface area contributed by atoms with Crippen LogP contribution in [0, 0.1) is 0 Å². The summed E-state index contributed by atoms with van der Waals surface area (Å²) in [7, 11) is -4.38. The van der Waals surface area contributed by atoms with Crippen molar-refractivity contribution in [2.75, 3.05) is 26.4 Å². The van der Waals surface area contributed by atoms with Gasteiger partial charge >= 0.3 is 19.8 Å². The smallest absolute Gasteiger partial charge is 0.462 e. The second-order valence-corrected chi connectivity index (χ2v) is 17.8. The Morgan fingerprint density at radius 2 is 0.860 bits per heavy atom. The molecule has 3 N–H and O–H groups in total. The first-order valence-electron chi connectivity index (χ1n) is 24.2. The van der Waals surface area contributed by atoms with Crippen LogP contribution in [0.5, 0.6) is 0 Å². The van der Waals surface area contributed by atoms with Crippen LogP contribution in [0.4, 0.5) is 0 Å². The van der Waals surface area contributed by atoms with Crippen LogP contribution < -0.4 is 5.73 Å². The van der Waals surface area contributed by atoms with Gasteiger partial charge in [0, 0.05) is 19.4 Å². The average molecular weight is 830 g/mol. The highest BCUT2D eigenvalue weighted by Gasteiger charge is 2.26. The van der Waals surface area contributed by atoms with Gasteiger partial charge in [0.15, 0.2) is 6.10 Å². The maximum Gasteiger partial charge on any atom is 0.472 e. The Morgan fingerprint density at radius 1 is 0.509 bits per heavy atom. The van der Waals surface area contributed by atoms with Crippen LogP contribution in [-0.4, -0.2) is 49.3 Å². The van der Waals surface area contributed by atoms with E-state index in [1.54, 1.807) is 0 Å². The number of allylic oxidation sites excluding steroid dienone is 2. The molecule has 57 heavy (non-hydrogen) atoms. The summed E-state index contributed by atoms with van der Waals surface area (Å²) in [5.41, 5.74) is 5.36. The molecule has 0 aliphatic rings. The Labute approximate surface area is 351 Å². The van der Waals surface area contributed by atoms with Crippen LogP contribution in [0.1, 0.15) is 245 Å². The molecular weight excluding hydrogens is 737 g/mol. The zero-order valence-electron chi connectivity index (χ0n) is 37.3. The van der Waals surface area contributed by atoms with Gasteiger partial charge in [0.1, 0.15) is 6.61 Å². The fraction of sp³-hybridized carbons (Fsp3) is 0.915. The lowest BCUT2D eigenvalue weighted by atomic mass is 10.0. The van der Waals surface area contributed by atoms with Gasteiger partial charge in [-0.3, -0.25) is 18.6 Å². The molecule has 0 bridgehead atoms. The van der Waals surface area contributed by atoms with Gasteiger partial charge in [0.05, 0.1) is 13.2 Å². The number of esters is 2. The Hall–Kier alpha value is -1.25. The van der Waals surface area contributed by atoms with E-state index < -0.39 is 26.5 Å². The molecule has 0 amide bonds. The van der Waals surface area contributed by atoms with Crippen molar-refractivity contribution in [3.8, 4) is 0 Å². The quantitative estimate of drug-likeness (QED) is 0.0266. The lowest BCUT2D eigenvalue weighted by molar-refractivity contribution is -0.161. The number of carbonyl (C=O) groups excluding carboxylic acids is 2. The van der Waals surface area contributed by atoms with Crippen LogP contribution in [0.2, 0.25) is 0 Å². The number of rotatable bonds is 46. The minimum Gasteiger partial charge on any atom is -0.462 e. The Bertz CT molecular complexity index is 948. The maximum atomic E-state index is 12.6. The molecule has 0 fully saturated rings. The molecule has 10 heteroatoms. The third kappa shape index (κ3) is 44.1. The molecule has 2 unspecified atom stereocenters. The van der Waals surface area contributed by atoms with Gasteiger partial charge in [-0.1, -0.05) is 206 Å². The van der Waals surface area contributed by atoms with E-state index >= 15 is 0 Å². The van der Waals surface area contributed by atoms with Crippen molar-refractivity contribution in [3.05, 3.63) is 12.2 Å². The lowest BCUT2D eigenvalue weighted by Gasteiger charge is -2.19. The first-order chi connectivity index (χ1) is 27.8. The van der Waals surface area contributed by atoms with Crippen molar-refractivity contribution in [2.24, 2.45) is 5.73 Å². The molecule has 0 spiro atoms. The van der Waals surface area contributed by atoms with Gasteiger partial charge in [-0.15, -0.1) is 0 Å². The molecule has 0 aliphatic carbocycles. The predicted octanol–water partition coefficient (Wildman–Crippen LogP) is 14.2. The van der Waals surface area contributed by atoms with Crippen LogP contribution in [0.15, 0.2) is 12.2 Å². The molecule has 0 aromatic carbocycles. The monoisotopic (exact) mass is 830 g/mol. The van der Waals surface area contributed by atoms with Crippen molar-refractivity contribution in [1.29, 1.82) is 0 Å². The topological polar surface area (TPSA) is 134 Å². The van der Waals surface area contributed by atoms with E-state index in [9.17, 15) is 19.0 Å². The molecule has 0 rings (SSSR count). The molecular formula is C47H92NO8P. The van der Waals surface area contributed by atoms with Gasteiger partial charge in [-0.25, -0.2) is 4.57 Å². The van der Waals surface area contributed by atoms with Crippen LogP contribution in [0.25, 0.3) is 0 Å². The molecule has 0 saturated heterocycles. The number of phosphoric ester groups is 1. The summed E-state index contributed by atoms with van der Waals surface area (Å²) in [4.78, 5) is 34.9. The van der Waals surface area contributed by atoms with E-state index in [0.29, 0.717) is 6.42 Å². The van der Waals surface area contributed by atoms with Gasteiger partial charge in [-0.05, 0) is 38.5 Å². The Balaban J connectivity index is 4.02. The Morgan fingerprint density at radius 3 is 1.25 bits per heavy atom. The van der Waals surface area contributed by atoms with E-state index in [0.717, 1.165) is 51.4 Å². The second kappa shape index (κ2) is 44.3. The summed E-state index contributed by atoms with van der Waals surface area (Å²) in [6, 6.07) is 0. The highest BCUT2D eigenvalue weighted by atomic mass is 31.2. The summed E-state index contributed by atoms with van der Waals surface area (Å²) >= 11 is 0. The molecule has 0 heterocycles. The highest BCUT2D eigenvalue weighted by Crippen LogP contribution is 2.43. The second-order valence-electron chi connectivity index (χ2n) is 16.3. The summed E-state index contributed by atoms with van der Waals surface area (Å²) < 4.78 is 32.9. The van der Waals surface area contributed by atoms with E-state index in [1.165, 1.54) is 161 Å². The third-order valence-corrected chi connectivity index (χ3v) is 11.6. The summed E-state index contributed by atoms with van der Waals surface area (Å²) in [5.74, 6) is -0.824. The van der Waals surface area contributed by atoms with Crippen molar-refractivity contribution in [3.63, 3.8) is 0 Å². The zero-order chi connectivity index (χ0) is 41.8. The maximum absolute atomic E-state index is 12.6. The van der Waals surface area contributed by atoms with E-state index in [2.05, 4.69) is 26.0 Å². The number of carbonyl (C=O) groups is 2. The van der Waals surface area contributed by atoms with Gasteiger partial charge in [0.2, 0.25) is 0 Å². The Kier molecular flexibility index (Phi) is 43.3. The molecule has 0 aromatic rings. The fourth-order valence-corrected chi connectivity index (χ4v) is 7.81. The molecule has 0 aliphatic heterocycles. The number of unbranched alkanes of at least 4 members (excludes halogenated alkanes) is 31. The third-order valence-electron chi connectivity index (χ3n) is 10.7. The average Bonchev–Trinajstić information content (AvgIpc) is 3.20.